The summed E-state index contributed by atoms with van der Waals surface area (Å²) in [5.74, 6) is 0.931. The average Bonchev–Trinajstić information content (AvgIpc) is 2.57. The number of carboxylic acids is 1. The Hall–Kier alpha value is -0.530. The van der Waals surface area contributed by atoms with Gasteiger partial charge < -0.3 is 5.11 Å². The van der Waals surface area contributed by atoms with Crippen molar-refractivity contribution in [2.45, 2.75) is 39.0 Å². The SMILES string of the molecule is CC1CC1C1(CC(=O)O)CCC1. The van der Waals surface area contributed by atoms with Gasteiger partial charge in [0.05, 0.1) is 6.42 Å². The quantitative estimate of drug-likeness (QED) is 0.702. The van der Waals surface area contributed by atoms with E-state index < -0.39 is 5.97 Å². The largest absolute Gasteiger partial charge is 0.481 e. The van der Waals surface area contributed by atoms with Gasteiger partial charge in [0, 0.05) is 0 Å². The molecule has 1 N–H and O–H groups in total. The lowest BCUT2D eigenvalue weighted by Gasteiger charge is -2.41. The van der Waals surface area contributed by atoms with E-state index in [9.17, 15) is 4.79 Å². The van der Waals surface area contributed by atoms with Crippen molar-refractivity contribution in [1.82, 2.24) is 0 Å². The van der Waals surface area contributed by atoms with Crippen LogP contribution in [-0.2, 0) is 4.79 Å². The van der Waals surface area contributed by atoms with E-state index in [-0.39, 0.29) is 5.41 Å². The van der Waals surface area contributed by atoms with Crippen LogP contribution in [0.2, 0.25) is 0 Å². The van der Waals surface area contributed by atoms with Gasteiger partial charge in [0.1, 0.15) is 0 Å². The van der Waals surface area contributed by atoms with Crippen molar-refractivity contribution in [3.8, 4) is 0 Å². The van der Waals surface area contributed by atoms with Crippen molar-refractivity contribution in [1.29, 1.82) is 0 Å². The first-order chi connectivity index (χ1) is 5.64. The van der Waals surface area contributed by atoms with Crippen LogP contribution in [0.25, 0.3) is 0 Å². The molecule has 2 fully saturated rings. The van der Waals surface area contributed by atoms with Crippen LogP contribution in [0, 0.1) is 17.3 Å². The normalized spacial score (nSPS) is 37.1. The lowest BCUT2D eigenvalue weighted by molar-refractivity contribution is -0.142. The van der Waals surface area contributed by atoms with Crippen LogP contribution < -0.4 is 0 Å². The summed E-state index contributed by atoms with van der Waals surface area (Å²) in [5.41, 5.74) is 0.227. The van der Waals surface area contributed by atoms with Gasteiger partial charge >= 0.3 is 5.97 Å². The van der Waals surface area contributed by atoms with Gasteiger partial charge in [-0.1, -0.05) is 13.3 Å². The highest BCUT2D eigenvalue weighted by Crippen LogP contribution is 2.61. The number of hydrogen-bond donors (Lipinski definition) is 1. The van der Waals surface area contributed by atoms with Crippen molar-refractivity contribution in [2.24, 2.45) is 17.3 Å². The molecule has 2 rings (SSSR count). The number of hydrogen-bond acceptors (Lipinski definition) is 1. The molecule has 0 saturated heterocycles. The van der Waals surface area contributed by atoms with E-state index in [4.69, 9.17) is 5.11 Å². The zero-order valence-electron chi connectivity index (χ0n) is 7.55. The molecule has 0 radical (unpaired) electrons. The molecule has 12 heavy (non-hydrogen) atoms. The molecule has 2 heteroatoms. The number of carbonyl (C=O) groups is 1. The lowest BCUT2D eigenvalue weighted by atomic mass is 9.63. The summed E-state index contributed by atoms with van der Waals surface area (Å²) in [7, 11) is 0. The molecule has 2 aliphatic rings. The molecular weight excluding hydrogens is 152 g/mol. The van der Waals surface area contributed by atoms with E-state index in [0.717, 1.165) is 24.7 Å². The van der Waals surface area contributed by atoms with E-state index in [2.05, 4.69) is 6.92 Å². The van der Waals surface area contributed by atoms with Gasteiger partial charge in [-0.15, -0.1) is 0 Å². The predicted molar refractivity (Wildman–Crippen MR) is 45.8 cm³/mol. The molecule has 2 nitrogen and oxygen atoms in total. The molecule has 2 saturated carbocycles. The molecule has 0 heterocycles. The first-order valence-corrected chi connectivity index (χ1v) is 4.86. The number of aliphatic carboxylic acids is 1. The predicted octanol–water partition coefficient (Wildman–Crippen LogP) is 2.29. The van der Waals surface area contributed by atoms with Gasteiger partial charge in [0.15, 0.2) is 0 Å². The second-order valence-corrected chi connectivity index (χ2v) is 4.61. The fourth-order valence-corrected chi connectivity index (χ4v) is 2.79. The van der Waals surface area contributed by atoms with E-state index in [1.54, 1.807) is 0 Å². The first kappa shape index (κ1) is 8.09. The van der Waals surface area contributed by atoms with E-state index in [1.165, 1.54) is 12.8 Å². The molecule has 2 aliphatic carbocycles. The molecule has 0 amide bonds. The topological polar surface area (TPSA) is 37.3 Å². The summed E-state index contributed by atoms with van der Waals surface area (Å²) in [6.45, 7) is 2.24. The van der Waals surface area contributed by atoms with Crippen LogP contribution in [0.15, 0.2) is 0 Å². The molecule has 0 bridgehead atoms. The first-order valence-electron chi connectivity index (χ1n) is 4.86. The van der Waals surface area contributed by atoms with Gasteiger partial charge in [-0.05, 0) is 36.5 Å². The summed E-state index contributed by atoms with van der Waals surface area (Å²) in [4.78, 5) is 10.6. The van der Waals surface area contributed by atoms with Crippen LogP contribution in [0.3, 0.4) is 0 Å². The minimum absolute atomic E-state index is 0.227. The molecule has 0 spiro atoms. The van der Waals surface area contributed by atoms with Crippen LogP contribution in [0.1, 0.15) is 39.0 Å². The Kier molecular flexibility index (Phi) is 1.67. The maximum atomic E-state index is 10.6. The van der Waals surface area contributed by atoms with Crippen molar-refractivity contribution >= 4 is 5.97 Å². The highest BCUT2D eigenvalue weighted by molar-refractivity contribution is 5.68. The molecule has 0 aromatic carbocycles. The van der Waals surface area contributed by atoms with Gasteiger partial charge in [-0.3, -0.25) is 4.79 Å². The highest BCUT2D eigenvalue weighted by atomic mass is 16.4. The standard InChI is InChI=1S/C10H16O2/c1-7-5-8(7)10(3-2-4-10)6-9(11)12/h7-8H,2-6H2,1H3,(H,11,12). The smallest absolute Gasteiger partial charge is 0.303 e. The van der Waals surface area contributed by atoms with Crippen molar-refractivity contribution in [3.05, 3.63) is 0 Å². The highest BCUT2D eigenvalue weighted by Gasteiger charge is 2.54. The van der Waals surface area contributed by atoms with Crippen molar-refractivity contribution in [3.63, 3.8) is 0 Å². The fourth-order valence-electron chi connectivity index (χ4n) is 2.79. The lowest BCUT2D eigenvalue weighted by Crippen LogP contribution is -2.34. The molecule has 0 aromatic heterocycles. The Balaban J connectivity index is 1.99. The van der Waals surface area contributed by atoms with Crippen molar-refractivity contribution in [2.75, 3.05) is 0 Å². The Bertz CT molecular complexity index is 206. The zero-order valence-corrected chi connectivity index (χ0v) is 7.55. The van der Waals surface area contributed by atoms with Crippen LogP contribution in [-0.4, -0.2) is 11.1 Å². The zero-order chi connectivity index (χ0) is 8.77. The summed E-state index contributed by atoms with van der Waals surface area (Å²) in [6.07, 6.45) is 5.26. The molecule has 0 aromatic rings. The summed E-state index contributed by atoms with van der Waals surface area (Å²) in [6, 6.07) is 0. The maximum absolute atomic E-state index is 10.6. The fraction of sp³-hybridized carbons (Fsp3) is 0.900. The summed E-state index contributed by atoms with van der Waals surface area (Å²) >= 11 is 0. The molecule has 68 valence electrons. The molecule has 2 unspecified atom stereocenters. The minimum Gasteiger partial charge on any atom is -0.481 e. The van der Waals surface area contributed by atoms with E-state index >= 15 is 0 Å². The second-order valence-electron chi connectivity index (χ2n) is 4.61. The average molecular weight is 168 g/mol. The number of carboxylic acid groups (broad SMARTS) is 1. The van der Waals surface area contributed by atoms with Gasteiger partial charge in [0.25, 0.3) is 0 Å². The molecular formula is C10H16O2. The number of rotatable bonds is 3. The van der Waals surface area contributed by atoms with Gasteiger partial charge in [-0.25, -0.2) is 0 Å². The van der Waals surface area contributed by atoms with E-state index in [1.807, 2.05) is 0 Å². The minimum atomic E-state index is -0.603. The van der Waals surface area contributed by atoms with Gasteiger partial charge in [0.2, 0.25) is 0 Å². The van der Waals surface area contributed by atoms with Crippen LogP contribution in [0.4, 0.5) is 0 Å². The van der Waals surface area contributed by atoms with Crippen LogP contribution >= 0.6 is 0 Å². The Morgan fingerprint density at radius 1 is 1.58 bits per heavy atom. The van der Waals surface area contributed by atoms with Crippen LogP contribution in [0.5, 0.6) is 0 Å². The Morgan fingerprint density at radius 2 is 2.17 bits per heavy atom. The third-order valence-corrected chi connectivity index (χ3v) is 3.75. The second kappa shape index (κ2) is 2.48. The van der Waals surface area contributed by atoms with E-state index in [0.29, 0.717) is 6.42 Å². The third kappa shape index (κ3) is 1.13. The monoisotopic (exact) mass is 168 g/mol. The van der Waals surface area contributed by atoms with Gasteiger partial charge in [-0.2, -0.15) is 0 Å². The third-order valence-electron chi connectivity index (χ3n) is 3.75. The summed E-state index contributed by atoms with van der Waals surface area (Å²) in [5, 5.41) is 8.78. The summed E-state index contributed by atoms with van der Waals surface area (Å²) < 4.78 is 0. The Labute approximate surface area is 73.0 Å². The Morgan fingerprint density at radius 3 is 2.42 bits per heavy atom. The molecule has 0 aliphatic heterocycles. The molecule has 2 atom stereocenters. The van der Waals surface area contributed by atoms with Crippen molar-refractivity contribution < 1.29 is 9.90 Å². The maximum Gasteiger partial charge on any atom is 0.303 e.